The van der Waals surface area contributed by atoms with E-state index in [1.54, 1.807) is 36.4 Å². The zero-order valence-corrected chi connectivity index (χ0v) is 18.2. The average Bonchev–Trinajstić information content (AvgIpc) is 3.12. The summed E-state index contributed by atoms with van der Waals surface area (Å²) in [5.41, 5.74) is 1.09. The Hall–Kier alpha value is -1.80. The van der Waals surface area contributed by atoms with Gasteiger partial charge in [0.25, 0.3) is 0 Å². The highest BCUT2D eigenvalue weighted by Gasteiger charge is 2.38. The number of rotatable bonds is 7. The number of likely N-dealkylation sites (tertiary alicyclic amines) is 1. The lowest BCUT2D eigenvalue weighted by atomic mass is 10.0. The van der Waals surface area contributed by atoms with Crippen molar-refractivity contribution in [2.24, 2.45) is 0 Å². The molecule has 31 heavy (non-hydrogen) atoms. The fourth-order valence-corrected chi connectivity index (χ4v) is 4.09. The summed E-state index contributed by atoms with van der Waals surface area (Å²) in [4.78, 5) is 15.9. The van der Waals surface area contributed by atoms with Crippen LogP contribution >= 0.6 is 23.2 Å². The fourth-order valence-electron chi connectivity index (χ4n) is 3.77. The molecule has 0 bridgehead atoms. The molecule has 1 aliphatic heterocycles. The molecule has 1 heterocycles. The topological polar surface area (TPSA) is 43.8 Å². The minimum absolute atomic E-state index is 0.199. The molecular weight excluding hydrogens is 452 g/mol. The third-order valence-corrected chi connectivity index (χ3v) is 5.99. The lowest BCUT2D eigenvalue weighted by Crippen LogP contribution is -2.46. The average molecular weight is 475 g/mol. The Labute approximate surface area is 189 Å². The Kier molecular flexibility index (Phi) is 7.86. The van der Waals surface area contributed by atoms with Crippen LogP contribution < -0.4 is 0 Å². The highest BCUT2D eigenvalue weighted by Crippen LogP contribution is 2.30. The van der Waals surface area contributed by atoms with Crippen molar-refractivity contribution in [1.29, 1.82) is 0 Å². The molecule has 168 valence electrons. The van der Waals surface area contributed by atoms with Gasteiger partial charge < -0.3 is 10.0 Å². The molecule has 4 nitrogen and oxygen atoms in total. The van der Waals surface area contributed by atoms with Crippen LogP contribution in [-0.2, 0) is 11.2 Å². The molecule has 2 atom stereocenters. The van der Waals surface area contributed by atoms with E-state index in [1.807, 2.05) is 4.90 Å². The van der Waals surface area contributed by atoms with E-state index in [0.717, 1.165) is 4.90 Å². The lowest BCUT2D eigenvalue weighted by Gasteiger charge is -2.35. The Morgan fingerprint density at radius 2 is 1.87 bits per heavy atom. The van der Waals surface area contributed by atoms with Crippen LogP contribution in [0.3, 0.4) is 0 Å². The first-order valence-corrected chi connectivity index (χ1v) is 10.6. The Bertz CT molecular complexity index is 896. The van der Waals surface area contributed by atoms with Crippen LogP contribution in [0.1, 0.15) is 23.6 Å². The molecule has 0 radical (unpaired) electrons. The van der Waals surface area contributed by atoms with Crippen LogP contribution in [0.15, 0.2) is 48.5 Å². The number of β-amino-alcohol motifs (C(OH)–C–C–N with tert-alkyl or cyclic N) is 1. The summed E-state index contributed by atoms with van der Waals surface area (Å²) in [5, 5.41) is 10.4. The first-order chi connectivity index (χ1) is 14.6. The molecule has 1 aliphatic rings. The summed E-state index contributed by atoms with van der Waals surface area (Å²) in [6.45, 7) is -0.247. The second-order valence-corrected chi connectivity index (χ2v) is 8.51. The second-order valence-electron chi connectivity index (χ2n) is 7.69. The summed E-state index contributed by atoms with van der Waals surface area (Å²) in [5.74, 6) is -0.663. The summed E-state index contributed by atoms with van der Waals surface area (Å²) >= 11 is 11.9. The number of hydrogen-bond acceptors (Lipinski definition) is 3. The Balaban J connectivity index is 1.91. The van der Waals surface area contributed by atoms with Gasteiger partial charge in [-0.2, -0.15) is 13.2 Å². The van der Waals surface area contributed by atoms with E-state index in [4.69, 9.17) is 23.2 Å². The fraction of sp³-hybridized carbons (Fsp3) is 0.409. The van der Waals surface area contributed by atoms with Crippen LogP contribution in [0.2, 0.25) is 10.0 Å². The van der Waals surface area contributed by atoms with E-state index in [-0.39, 0.29) is 18.0 Å². The quantitative estimate of drug-likeness (QED) is 0.630. The van der Waals surface area contributed by atoms with E-state index in [2.05, 4.69) is 0 Å². The SMILES string of the molecule is O=C(Cc1ccc(Cl)c(Cl)c1)N(CC(F)(F)F)C(CN1CCC(O)C1)c1ccccc1. The molecule has 1 amide bonds. The van der Waals surface area contributed by atoms with Crippen LogP contribution in [0.5, 0.6) is 0 Å². The number of amides is 1. The summed E-state index contributed by atoms with van der Waals surface area (Å²) in [6, 6.07) is 12.4. The maximum Gasteiger partial charge on any atom is 0.406 e. The number of benzene rings is 2. The molecule has 1 saturated heterocycles. The van der Waals surface area contributed by atoms with Crippen molar-refractivity contribution in [1.82, 2.24) is 9.80 Å². The molecular formula is C22H23Cl2F3N2O2. The van der Waals surface area contributed by atoms with Gasteiger partial charge in [-0.15, -0.1) is 0 Å². The van der Waals surface area contributed by atoms with E-state index in [9.17, 15) is 23.1 Å². The first-order valence-electron chi connectivity index (χ1n) is 9.88. The number of carbonyl (C=O) groups is 1. The summed E-state index contributed by atoms with van der Waals surface area (Å²) in [6.07, 6.45) is -4.76. The van der Waals surface area contributed by atoms with E-state index in [0.29, 0.717) is 35.7 Å². The largest absolute Gasteiger partial charge is 0.406 e. The number of aliphatic hydroxyl groups excluding tert-OH is 1. The van der Waals surface area contributed by atoms with Crippen LogP contribution in [0, 0.1) is 0 Å². The number of hydrogen-bond donors (Lipinski definition) is 1. The third-order valence-electron chi connectivity index (χ3n) is 5.25. The van der Waals surface area contributed by atoms with Gasteiger partial charge in [0.05, 0.1) is 28.6 Å². The Morgan fingerprint density at radius 1 is 1.16 bits per heavy atom. The smallest absolute Gasteiger partial charge is 0.392 e. The van der Waals surface area contributed by atoms with Crippen molar-refractivity contribution >= 4 is 29.1 Å². The molecule has 2 unspecified atom stereocenters. The van der Waals surface area contributed by atoms with Crippen molar-refractivity contribution in [3.05, 3.63) is 69.7 Å². The molecule has 0 spiro atoms. The normalized spacial score (nSPS) is 18.2. The van der Waals surface area contributed by atoms with Gasteiger partial charge in [-0.25, -0.2) is 0 Å². The zero-order chi connectivity index (χ0) is 22.6. The third kappa shape index (κ3) is 6.84. The minimum atomic E-state index is -4.56. The molecule has 0 saturated carbocycles. The maximum absolute atomic E-state index is 13.5. The number of alkyl halides is 3. The highest BCUT2D eigenvalue weighted by atomic mass is 35.5. The van der Waals surface area contributed by atoms with Gasteiger partial charge in [0.15, 0.2) is 0 Å². The second kappa shape index (κ2) is 10.2. The van der Waals surface area contributed by atoms with Gasteiger partial charge in [-0.1, -0.05) is 59.6 Å². The van der Waals surface area contributed by atoms with Crippen molar-refractivity contribution in [3.8, 4) is 0 Å². The zero-order valence-electron chi connectivity index (χ0n) is 16.7. The number of halogens is 5. The predicted octanol–water partition coefficient (Wildman–Crippen LogP) is 4.73. The standard InChI is InChI=1S/C22H23Cl2F3N2O2/c23-18-7-6-15(10-19(18)24)11-21(31)29(14-22(25,26)27)20(16-4-2-1-3-5-16)13-28-9-8-17(30)12-28/h1-7,10,17,20,30H,8-9,11-14H2. The van der Waals surface area contributed by atoms with Crippen molar-refractivity contribution < 1.29 is 23.1 Å². The van der Waals surface area contributed by atoms with Crippen molar-refractivity contribution in [2.75, 3.05) is 26.2 Å². The molecule has 0 aliphatic carbocycles. The Morgan fingerprint density at radius 3 is 2.45 bits per heavy atom. The molecule has 1 N–H and O–H groups in total. The van der Waals surface area contributed by atoms with Gasteiger partial charge in [0.2, 0.25) is 5.91 Å². The van der Waals surface area contributed by atoms with E-state index >= 15 is 0 Å². The number of nitrogens with zero attached hydrogens (tertiary/aromatic N) is 2. The summed E-state index contributed by atoms with van der Waals surface area (Å²) in [7, 11) is 0. The summed E-state index contributed by atoms with van der Waals surface area (Å²) < 4.78 is 40.5. The number of carbonyl (C=O) groups excluding carboxylic acids is 1. The molecule has 0 aromatic heterocycles. The van der Waals surface area contributed by atoms with E-state index in [1.165, 1.54) is 12.1 Å². The monoisotopic (exact) mass is 474 g/mol. The van der Waals surface area contributed by atoms with Gasteiger partial charge in [-0.3, -0.25) is 9.69 Å². The van der Waals surface area contributed by atoms with Crippen LogP contribution in [-0.4, -0.2) is 59.3 Å². The maximum atomic E-state index is 13.5. The molecule has 3 rings (SSSR count). The van der Waals surface area contributed by atoms with Crippen LogP contribution in [0.25, 0.3) is 0 Å². The lowest BCUT2D eigenvalue weighted by molar-refractivity contribution is -0.166. The molecule has 9 heteroatoms. The minimum Gasteiger partial charge on any atom is -0.392 e. The molecule has 1 fully saturated rings. The van der Waals surface area contributed by atoms with E-state index < -0.39 is 30.8 Å². The first kappa shape index (κ1) is 23.9. The van der Waals surface area contributed by atoms with Gasteiger partial charge in [0, 0.05) is 19.6 Å². The predicted molar refractivity (Wildman–Crippen MR) is 114 cm³/mol. The molecule has 2 aromatic rings. The number of aliphatic hydroxyl groups is 1. The van der Waals surface area contributed by atoms with Gasteiger partial charge in [-0.05, 0) is 29.7 Å². The van der Waals surface area contributed by atoms with Crippen molar-refractivity contribution in [2.45, 2.75) is 31.2 Å². The van der Waals surface area contributed by atoms with Crippen LogP contribution in [0.4, 0.5) is 13.2 Å². The van der Waals surface area contributed by atoms with Crippen molar-refractivity contribution in [3.63, 3.8) is 0 Å². The highest BCUT2D eigenvalue weighted by molar-refractivity contribution is 6.42. The van der Waals surface area contributed by atoms with Gasteiger partial charge in [0.1, 0.15) is 6.54 Å². The van der Waals surface area contributed by atoms with Gasteiger partial charge >= 0.3 is 6.18 Å². The molecule has 2 aromatic carbocycles.